The van der Waals surface area contributed by atoms with Crippen molar-refractivity contribution >= 4 is 32.7 Å². The summed E-state index contributed by atoms with van der Waals surface area (Å²) in [6.45, 7) is 15.1. The van der Waals surface area contributed by atoms with E-state index >= 15 is 0 Å². The van der Waals surface area contributed by atoms with Crippen LogP contribution in [0.5, 0.6) is 0 Å². The van der Waals surface area contributed by atoms with Crippen LogP contribution >= 0.6 is 15.9 Å². The van der Waals surface area contributed by atoms with E-state index in [0.717, 1.165) is 26.6 Å². The van der Waals surface area contributed by atoms with Gasteiger partial charge in [-0.25, -0.2) is 4.98 Å². The van der Waals surface area contributed by atoms with Gasteiger partial charge in [-0.15, -0.1) is 13.2 Å². The standard InChI is InChI=1S/C26H27BrN2O/c1-6-14-29(15-7-2)25(30)22-17-24(28-23-13-12-20(27)16-21(22)23)18-8-10-19(11-9-18)26(3,4)5/h6-13,16-17H,1-2,14-15H2,3-5H3. The molecule has 0 N–H and O–H groups in total. The van der Waals surface area contributed by atoms with Crippen LogP contribution in [0.1, 0.15) is 36.7 Å². The number of pyridine rings is 1. The van der Waals surface area contributed by atoms with Crippen molar-refractivity contribution in [2.75, 3.05) is 13.1 Å². The highest BCUT2D eigenvalue weighted by Gasteiger charge is 2.19. The maximum atomic E-state index is 13.4. The number of aromatic nitrogens is 1. The van der Waals surface area contributed by atoms with Crippen LogP contribution < -0.4 is 0 Å². The molecule has 3 nitrogen and oxygen atoms in total. The predicted molar refractivity (Wildman–Crippen MR) is 130 cm³/mol. The Hall–Kier alpha value is -2.72. The van der Waals surface area contributed by atoms with Crippen LogP contribution in [0.4, 0.5) is 0 Å². The van der Waals surface area contributed by atoms with Gasteiger partial charge in [-0.1, -0.05) is 73.1 Å². The zero-order chi connectivity index (χ0) is 21.9. The Bertz CT molecular complexity index is 1080. The van der Waals surface area contributed by atoms with E-state index in [1.807, 2.05) is 24.3 Å². The van der Waals surface area contributed by atoms with Gasteiger partial charge < -0.3 is 4.90 Å². The number of fused-ring (bicyclic) bond motifs is 1. The summed E-state index contributed by atoms with van der Waals surface area (Å²) in [7, 11) is 0. The quantitative estimate of drug-likeness (QED) is 0.378. The van der Waals surface area contributed by atoms with E-state index in [4.69, 9.17) is 4.98 Å². The molecule has 4 heteroatoms. The van der Waals surface area contributed by atoms with Gasteiger partial charge in [-0.3, -0.25) is 4.79 Å². The molecule has 1 aromatic heterocycles. The van der Waals surface area contributed by atoms with Crippen LogP contribution in [-0.4, -0.2) is 28.9 Å². The van der Waals surface area contributed by atoms with Crippen molar-refractivity contribution in [3.63, 3.8) is 0 Å². The van der Waals surface area contributed by atoms with Crippen LogP contribution in [-0.2, 0) is 5.41 Å². The summed E-state index contributed by atoms with van der Waals surface area (Å²) in [5.74, 6) is -0.0622. The molecule has 3 aromatic rings. The van der Waals surface area contributed by atoms with Gasteiger partial charge in [0.2, 0.25) is 0 Å². The minimum Gasteiger partial charge on any atom is -0.331 e. The fourth-order valence-corrected chi connectivity index (χ4v) is 3.75. The third kappa shape index (κ3) is 4.71. The average Bonchev–Trinajstić information content (AvgIpc) is 2.72. The van der Waals surface area contributed by atoms with Gasteiger partial charge in [0.05, 0.1) is 16.8 Å². The van der Waals surface area contributed by atoms with Crippen molar-refractivity contribution in [2.24, 2.45) is 0 Å². The van der Waals surface area contributed by atoms with E-state index < -0.39 is 0 Å². The Morgan fingerprint density at radius 2 is 1.67 bits per heavy atom. The summed E-state index contributed by atoms with van der Waals surface area (Å²) in [5, 5.41) is 0.822. The Balaban J connectivity index is 2.16. The summed E-state index contributed by atoms with van der Waals surface area (Å²) >= 11 is 3.52. The fourth-order valence-electron chi connectivity index (χ4n) is 3.39. The molecular formula is C26H27BrN2O. The number of hydrogen-bond donors (Lipinski definition) is 0. The second-order valence-electron chi connectivity index (χ2n) is 8.33. The first-order valence-electron chi connectivity index (χ1n) is 9.97. The molecule has 154 valence electrons. The van der Waals surface area contributed by atoms with E-state index in [1.165, 1.54) is 5.56 Å². The van der Waals surface area contributed by atoms with Crippen molar-refractivity contribution in [1.82, 2.24) is 9.88 Å². The summed E-state index contributed by atoms with van der Waals surface area (Å²) < 4.78 is 0.909. The van der Waals surface area contributed by atoms with Crippen LogP contribution in [0.2, 0.25) is 0 Å². The molecule has 3 rings (SSSR count). The molecule has 2 aromatic carbocycles. The lowest BCUT2D eigenvalue weighted by atomic mass is 9.86. The number of benzene rings is 2. The number of nitrogens with zero attached hydrogens (tertiary/aromatic N) is 2. The molecular weight excluding hydrogens is 436 g/mol. The Kier molecular flexibility index (Phi) is 6.57. The monoisotopic (exact) mass is 462 g/mol. The van der Waals surface area contributed by atoms with Crippen molar-refractivity contribution in [1.29, 1.82) is 0 Å². The maximum absolute atomic E-state index is 13.4. The Morgan fingerprint density at radius 1 is 1.03 bits per heavy atom. The van der Waals surface area contributed by atoms with Crippen LogP contribution in [0.25, 0.3) is 22.2 Å². The molecule has 0 bridgehead atoms. The second kappa shape index (κ2) is 8.97. The minimum atomic E-state index is -0.0622. The highest BCUT2D eigenvalue weighted by Crippen LogP contribution is 2.30. The smallest absolute Gasteiger partial charge is 0.255 e. The predicted octanol–water partition coefficient (Wildman–Crippen LogP) is 6.78. The van der Waals surface area contributed by atoms with Gasteiger partial charge in [-0.05, 0) is 35.2 Å². The molecule has 30 heavy (non-hydrogen) atoms. The normalized spacial score (nSPS) is 11.3. The first-order valence-corrected chi connectivity index (χ1v) is 10.8. The SMILES string of the molecule is C=CCN(CC=C)C(=O)c1cc(-c2ccc(C(C)(C)C)cc2)nc2ccc(Br)cc12. The number of amides is 1. The molecule has 0 atom stereocenters. The maximum Gasteiger partial charge on any atom is 0.255 e. The summed E-state index contributed by atoms with van der Waals surface area (Å²) in [4.78, 5) is 20.0. The second-order valence-corrected chi connectivity index (χ2v) is 9.25. The highest BCUT2D eigenvalue weighted by atomic mass is 79.9. The molecule has 0 saturated carbocycles. The largest absolute Gasteiger partial charge is 0.331 e. The zero-order valence-corrected chi connectivity index (χ0v) is 19.4. The van der Waals surface area contributed by atoms with E-state index in [1.54, 1.807) is 17.1 Å². The summed E-state index contributed by atoms with van der Waals surface area (Å²) in [5.41, 5.74) is 4.52. The first kappa shape index (κ1) is 22.0. The number of carbonyl (C=O) groups is 1. The lowest BCUT2D eigenvalue weighted by Gasteiger charge is -2.21. The average molecular weight is 463 g/mol. The van der Waals surface area contributed by atoms with Crippen LogP contribution in [0.3, 0.4) is 0 Å². The van der Waals surface area contributed by atoms with Gasteiger partial charge >= 0.3 is 0 Å². The van der Waals surface area contributed by atoms with Gasteiger partial charge in [0.25, 0.3) is 5.91 Å². The van der Waals surface area contributed by atoms with Gasteiger partial charge in [0, 0.05) is 28.5 Å². The summed E-state index contributed by atoms with van der Waals surface area (Å²) in [6.07, 6.45) is 3.46. The van der Waals surface area contributed by atoms with Crippen LogP contribution in [0.15, 0.2) is 78.3 Å². The lowest BCUT2D eigenvalue weighted by molar-refractivity contribution is 0.0792. The number of carbonyl (C=O) groups excluding carboxylic acids is 1. The molecule has 0 saturated heterocycles. The Labute approximate surface area is 187 Å². The first-order chi connectivity index (χ1) is 14.2. The van der Waals surface area contributed by atoms with Crippen molar-refractivity contribution < 1.29 is 4.79 Å². The topological polar surface area (TPSA) is 33.2 Å². The molecule has 0 aliphatic heterocycles. The fraction of sp³-hybridized carbons (Fsp3) is 0.231. The van der Waals surface area contributed by atoms with E-state index in [-0.39, 0.29) is 11.3 Å². The highest BCUT2D eigenvalue weighted by molar-refractivity contribution is 9.10. The molecule has 0 aliphatic rings. The van der Waals surface area contributed by atoms with Crippen molar-refractivity contribution in [3.8, 4) is 11.3 Å². The molecule has 0 aliphatic carbocycles. The molecule has 0 radical (unpaired) electrons. The van der Waals surface area contributed by atoms with Gasteiger partial charge in [0.15, 0.2) is 0 Å². The summed E-state index contributed by atoms with van der Waals surface area (Å²) in [6, 6.07) is 16.1. The molecule has 1 amide bonds. The number of hydrogen-bond acceptors (Lipinski definition) is 2. The molecule has 0 spiro atoms. The van der Waals surface area contributed by atoms with Crippen LogP contribution in [0, 0.1) is 0 Å². The van der Waals surface area contributed by atoms with E-state index in [2.05, 4.69) is 74.1 Å². The Morgan fingerprint density at radius 3 is 2.23 bits per heavy atom. The van der Waals surface area contributed by atoms with Gasteiger partial charge in [0.1, 0.15) is 0 Å². The zero-order valence-electron chi connectivity index (χ0n) is 17.8. The van der Waals surface area contributed by atoms with E-state index in [9.17, 15) is 4.79 Å². The van der Waals surface area contributed by atoms with Crippen molar-refractivity contribution in [3.05, 3.63) is 89.4 Å². The third-order valence-corrected chi connectivity index (χ3v) is 5.53. The number of halogens is 1. The van der Waals surface area contributed by atoms with E-state index in [0.29, 0.717) is 18.7 Å². The van der Waals surface area contributed by atoms with Crippen molar-refractivity contribution in [2.45, 2.75) is 26.2 Å². The molecule has 0 unspecified atom stereocenters. The molecule has 0 fully saturated rings. The minimum absolute atomic E-state index is 0.0622. The van der Waals surface area contributed by atoms with Gasteiger partial charge in [-0.2, -0.15) is 0 Å². The number of rotatable bonds is 6. The molecule has 1 heterocycles. The third-order valence-electron chi connectivity index (χ3n) is 5.03. The lowest BCUT2D eigenvalue weighted by Crippen LogP contribution is -2.31.